The van der Waals surface area contributed by atoms with Crippen molar-refractivity contribution < 1.29 is 4.52 Å². The Bertz CT molecular complexity index is 787. The van der Waals surface area contributed by atoms with E-state index in [0.717, 1.165) is 25.9 Å². The average molecular weight is 328 g/mol. The van der Waals surface area contributed by atoms with Crippen LogP contribution in [-0.2, 0) is 6.54 Å². The second-order valence-electron chi connectivity index (χ2n) is 5.49. The Labute approximate surface area is 137 Å². The van der Waals surface area contributed by atoms with Gasteiger partial charge >= 0.3 is 0 Å². The first-order valence-corrected chi connectivity index (χ1v) is 8.35. The quantitative estimate of drug-likeness (QED) is 0.786. The third kappa shape index (κ3) is 2.82. The number of hydrogen-bond acceptors (Lipinski definition) is 8. The first-order valence-electron chi connectivity index (χ1n) is 7.47. The minimum atomic E-state index is 0.157. The summed E-state index contributed by atoms with van der Waals surface area (Å²) in [4.78, 5) is 16.2. The molecule has 0 aliphatic carbocycles. The number of aromatic nitrogens is 4. The van der Waals surface area contributed by atoms with Gasteiger partial charge in [-0.25, -0.2) is 9.97 Å². The Morgan fingerprint density at radius 2 is 2.39 bits per heavy atom. The lowest BCUT2D eigenvalue weighted by molar-refractivity contribution is 0.202. The standard InChI is InChI=1S/C15H16N6OS/c16-13-11(7-17-9-18-13)14-19-15(22-20-14)12-4-1-5-21(12)8-10-3-2-6-23-10/h2-3,6-7,9,12H,1,4-5,8H2,(H2,16,17,18). The maximum atomic E-state index is 5.85. The molecule has 1 atom stereocenters. The van der Waals surface area contributed by atoms with Crippen molar-refractivity contribution in [1.82, 2.24) is 25.0 Å². The molecular weight excluding hydrogens is 312 g/mol. The number of thiophene rings is 1. The fourth-order valence-electron chi connectivity index (χ4n) is 2.89. The Morgan fingerprint density at radius 3 is 3.22 bits per heavy atom. The molecule has 0 amide bonds. The van der Waals surface area contributed by atoms with Gasteiger partial charge in [0, 0.05) is 17.6 Å². The van der Waals surface area contributed by atoms with Crippen LogP contribution in [0.1, 0.15) is 29.7 Å². The Balaban J connectivity index is 1.57. The zero-order chi connectivity index (χ0) is 15.6. The van der Waals surface area contributed by atoms with Crippen molar-refractivity contribution in [1.29, 1.82) is 0 Å². The normalized spacial score (nSPS) is 18.5. The van der Waals surface area contributed by atoms with Crippen LogP contribution in [0, 0.1) is 0 Å². The van der Waals surface area contributed by atoms with Gasteiger partial charge in [-0.3, -0.25) is 4.90 Å². The molecule has 1 aliphatic rings. The van der Waals surface area contributed by atoms with Crippen LogP contribution in [0.15, 0.2) is 34.6 Å². The Morgan fingerprint density at radius 1 is 1.43 bits per heavy atom. The number of likely N-dealkylation sites (tertiary alicyclic amines) is 1. The van der Waals surface area contributed by atoms with E-state index in [-0.39, 0.29) is 6.04 Å². The number of nitrogens with zero attached hydrogens (tertiary/aromatic N) is 5. The van der Waals surface area contributed by atoms with Crippen LogP contribution >= 0.6 is 11.3 Å². The number of nitrogens with two attached hydrogens (primary N) is 1. The van der Waals surface area contributed by atoms with Crippen molar-refractivity contribution >= 4 is 17.2 Å². The van der Waals surface area contributed by atoms with Gasteiger partial charge in [-0.05, 0) is 30.8 Å². The van der Waals surface area contributed by atoms with Crippen LogP contribution < -0.4 is 5.73 Å². The SMILES string of the molecule is Nc1ncncc1-c1noc(C2CCCN2Cc2cccs2)n1. The first kappa shape index (κ1) is 14.3. The molecule has 1 aliphatic heterocycles. The molecule has 4 heterocycles. The lowest BCUT2D eigenvalue weighted by atomic mass is 10.2. The maximum absolute atomic E-state index is 5.85. The molecule has 0 aromatic carbocycles. The number of nitrogen functional groups attached to an aromatic ring is 1. The molecule has 2 N–H and O–H groups in total. The van der Waals surface area contributed by atoms with E-state index in [9.17, 15) is 0 Å². The van der Waals surface area contributed by atoms with Gasteiger partial charge in [-0.1, -0.05) is 11.2 Å². The van der Waals surface area contributed by atoms with Crippen molar-refractivity contribution in [3.8, 4) is 11.4 Å². The van der Waals surface area contributed by atoms with Crippen LogP contribution in [0.25, 0.3) is 11.4 Å². The third-order valence-electron chi connectivity index (χ3n) is 4.01. The molecule has 4 rings (SSSR count). The summed E-state index contributed by atoms with van der Waals surface area (Å²) in [7, 11) is 0. The number of anilines is 1. The lowest BCUT2D eigenvalue weighted by Crippen LogP contribution is -2.22. The van der Waals surface area contributed by atoms with E-state index in [4.69, 9.17) is 10.3 Å². The molecular formula is C15H16N6OS. The van der Waals surface area contributed by atoms with Crippen molar-refractivity contribution in [2.24, 2.45) is 0 Å². The molecule has 23 heavy (non-hydrogen) atoms. The van der Waals surface area contributed by atoms with E-state index < -0.39 is 0 Å². The van der Waals surface area contributed by atoms with Crippen molar-refractivity contribution in [2.45, 2.75) is 25.4 Å². The highest BCUT2D eigenvalue weighted by atomic mass is 32.1. The summed E-state index contributed by atoms with van der Waals surface area (Å²) in [5.41, 5.74) is 6.45. The molecule has 7 nitrogen and oxygen atoms in total. The van der Waals surface area contributed by atoms with Crippen LogP contribution in [-0.4, -0.2) is 31.6 Å². The van der Waals surface area contributed by atoms with E-state index in [0.29, 0.717) is 23.1 Å². The van der Waals surface area contributed by atoms with Crippen molar-refractivity contribution in [2.75, 3.05) is 12.3 Å². The van der Waals surface area contributed by atoms with Crippen LogP contribution in [0.2, 0.25) is 0 Å². The monoisotopic (exact) mass is 328 g/mol. The first-order chi connectivity index (χ1) is 11.3. The summed E-state index contributed by atoms with van der Waals surface area (Å²) in [5.74, 6) is 1.44. The van der Waals surface area contributed by atoms with E-state index in [1.165, 1.54) is 11.2 Å². The molecule has 1 saturated heterocycles. The molecule has 8 heteroatoms. The Kier molecular flexibility index (Phi) is 3.76. The summed E-state index contributed by atoms with van der Waals surface area (Å²) in [6.07, 6.45) is 5.16. The predicted octanol–water partition coefficient (Wildman–Crippen LogP) is 2.51. The van der Waals surface area contributed by atoms with Gasteiger partial charge in [0.1, 0.15) is 12.1 Å². The van der Waals surface area contributed by atoms with Gasteiger partial charge in [-0.15, -0.1) is 11.3 Å². The van der Waals surface area contributed by atoms with E-state index >= 15 is 0 Å². The van der Waals surface area contributed by atoms with Crippen LogP contribution in [0.4, 0.5) is 5.82 Å². The smallest absolute Gasteiger partial charge is 0.244 e. The second kappa shape index (κ2) is 6.05. The average Bonchev–Trinajstić information content (AvgIpc) is 3.28. The molecule has 0 saturated carbocycles. The molecule has 118 valence electrons. The Hall–Kier alpha value is -2.32. The highest BCUT2D eigenvalue weighted by molar-refractivity contribution is 7.09. The predicted molar refractivity (Wildman–Crippen MR) is 86.4 cm³/mol. The van der Waals surface area contributed by atoms with Gasteiger partial charge < -0.3 is 10.3 Å². The van der Waals surface area contributed by atoms with Gasteiger partial charge in [-0.2, -0.15) is 4.98 Å². The van der Waals surface area contributed by atoms with Gasteiger partial charge in [0.15, 0.2) is 0 Å². The molecule has 1 fully saturated rings. The van der Waals surface area contributed by atoms with Gasteiger partial charge in [0.2, 0.25) is 11.7 Å². The summed E-state index contributed by atoms with van der Waals surface area (Å²) >= 11 is 1.77. The highest BCUT2D eigenvalue weighted by Crippen LogP contribution is 2.34. The summed E-state index contributed by atoms with van der Waals surface area (Å²) < 4.78 is 5.50. The zero-order valence-corrected chi connectivity index (χ0v) is 13.2. The fraction of sp³-hybridized carbons (Fsp3) is 0.333. The van der Waals surface area contributed by atoms with Gasteiger partial charge in [0.05, 0.1) is 11.6 Å². The fourth-order valence-corrected chi connectivity index (χ4v) is 3.62. The minimum Gasteiger partial charge on any atom is -0.383 e. The van der Waals surface area contributed by atoms with Crippen LogP contribution in [0.3, 0.4) is 0 Å². The summed E-state index contributed by atoms with van der Waals surface area (Å²) in [6.45, 7) is 1.95. The zero-order valence-electron chi connectivity index (χ0n) is 12.4. The van der Waals surface area contributed by atoms with E-state index in [1.54, 1.807) is 17.5 Å². The third-order valence-corrected chi connectivity index (χ3v) is 4.87. The summed E-state index contributed by atoms with van der Waals surface area (Å²) in [6, 6.07) is 4.39. The molecule has 1 unspecified atom stereocenters. The molecule has 3 aromatic rings. The van der Waals surface area contributed by atoms with Crippen molar-refractivity contribution in [3.05, 3.63) is 40.8 Å². The highest BCUT2D eigenvalue weighted by Gasteiger charge is 2.31. The van der Waals surface area contributed by atoms with E-state index in [1.807, 2.05) is 0 Å². The summed E-state index contributed by atoms with van der Waals surface area (Å²) in [5, 5.41) is 6.15. The topological polar surface area (TPSA) is 94.0 Å². The number of rotatable bonds is 4. The van der Waals surface area contributed by atoms with Gasteiger partial charge in [0.25, 0.3) is 0 Å². The molecule has 0 spiro atoms. The molecule has 0 bridgehead atoms. The van der Waals surface area contributed by atoms with E-state index in [2.05, 4.69) is 42.5 Å². The second-order valence-corrected chi connectivity index (χ2v) is 6.52. The number of hydrogen-bond donors (Lipinski definition) is 1. The largest absolute Gasteiger partial charge is 0.383 e. The maximum Gasteiger partial charge on any atom is 0.244 e. The molecule has 0 radical (unpaired) electrons. The molecule has 3 aromatic heterocycles. The van der Waals surface area contributed by atoms with Crippen molar-refractivity contribution in [3.63, 3.8) is 0 Å². The lowest BCUT2D eigenvalue weighted by Gasteiger charge is -2.20. The van der Waals surface area contributed by atoms with Crippen LogP contribution in [0.5, 0.6) is 0 Å². The minimum absolute atomic E-state index is 0.157.